The van der Waals surface area contributed by atoms with Gasteiger partial charge >= 0.3 is 0 Å². The molecule has 1 heterocycles. The summed E-state index contributed by atoms with van der Waals surface area (Å²) in [5.74, 6) is 0.662. The number of amides is 1. The summed E-state index contributed by atoms with van der Waals surface area (Å²) in [5.41, 5.74) is 0.860. The normalized spacial score (nSPS) is 19.2. The van der Waals surface area contributed by atoms with Crippen molar-refractivity contribution in [2.45, 2.75) is 39.2 Å². The fourth-order valence-electron chi connectivity index (χ4n) is 2.86. The van der Waals surface area contributed by atoms with E-state index in [4.69, 9.17) is 16.3 Å². The molecule has 1 atom stereocenters. The second-order valence-corrected chi connectivity index (χ2v) is 8.86. The molecule has 1 aromatic carbocycles. The van der Waals surface area contributed by atoms with Gasteiger partial charge in [0.25, 0.3) is 5.91 Å². The van der Waals surface area contributed by atoms with E-state index >= 15 is 0 Å². The lowest BCUT2D eigenvalue weighted by Crippen LogP contribution is -2.44. The number of benzene rings is 1. The number of carbonyl (C=O) groups is 1. The Bertz CT molecular complexity index is 690. The maximum Gasteiger partial charge on any atom is 0.260 e. The van der Waals surface area contributed by atoms with Crippen LogP contribution in [-0.4, -0.2) is 49.9 Å². The molecule has 0 bridgehead atoms. The van der Waals surface area contributed by atoms with E-state index in [-0.39, 0.29) is 30.1 Å². The average Bonchev–Trinajstić information content (AvgIpc) is 2.86. The Morgan fingerprint density at radius 2 is 2.17 bits per heavy atom. The first-order chi connectivity index (χ1) is 11.3. The van der Waals surface area contributed by atoms with Gasteiger partial charge in [-0.15, -0.1) is 0 Å². The molecule has 0 aromatic heterocycles. The summed E-state index contributed by atoms with van der Waals surface area (Å²) in [6, 6.07) is 5.00. The standard InChI is InChI=1S/C17H24ClNO4S/c1-3-4-8-19(15-7-9-24(21,22)12-15)17(20)11-23-16-6-5-14(18)10-13(16)2/h5-6,10,15H,3-4,7-9,11-12H2,1-2H3. The third-order valence-corrected chi connectivity index (χ3v) is 6.20. The molecule has 2 rings (SSSR count). The fourth-order valence-corrected chi connectivity index (χ4v) is 4.82. The molecule has 1 fully saturated rings. The zero-order chi connectivity index (χ0) is 17.7. The number of unbranched alkanes of at least 4 members (excludes halogenated alkanes) is 1. The van der Waals surface area contributed by atoms with Crippen molar-refractivity contribution in [3.63, 3.8) is 0 Å². The second kappa shape index (κ2) is 8.21. The minimum absolute atomic E-state index is 0.0580. The van der Waals surface area contributed by atoms with E-state index in [2.05, 4.69) is 0 Å². The van der Waals surface area contributed by atoms with Crippen molar-refractivity contribution in [2.75, 3.05) is 24.7 Å². The van der Waals surface area contributed by atoms with E-state index in [9.17, 15) is 13.2 Å². The Kier molecular flexibility index (Phi) is 6.52. The molecule has 1 unspecified atom stereocenters. The Hall–Kier alpha value is -1.27. The number of nitrogens with zero attached hydrogens (tertiary/aromatic N) is 1. The number of hydrogen-bond acceptors (Lipinski definition) is 4. The second-order valence-electron chi connectivity index (χ2n) is 6.20. The minimum Gasteiger partial charge on any atom is -0.483 e. The summed E-state index contributed by atoms with van der Waals surface area (Å²) in [5, 5.41) is 0.618. The highest BCUT2D eigenvalue weighted by Gasteiger charge is 2.34. The van der Waals surface area contributed by atoms with Gasteiger partial charge in [0, 0.05) is 17.6 Å². The fraction of sp³-hybridized carbons (Fsp3) is 0.588. The maximum absolute atomic E-state index is 12.6. The van der Waals surface area contributed by atoms with Gasteiger partial charge in [-0.05, 0) is 43.5 Å². The number of rotatable bonds is 7. The first-order valence-corrected chi connectivity index (χ1v) is 10.4. The molecule has 0 saturated carbocycles. The van der Waals surface area contributed by atoms with Gasteiger partial charge in [0.05, 0.1) is 11.5 Å². The number of sulfone groups is 1. The van der Waals surface area contributed by atoms with Crippen LogP contribution in [0.5, 0.6) is 5.75 Å². The molecule has 0 spiro atoms. The third-order valence-electron chi connectivity index (χ3n) is 4.21. The smallest absolute Gasteiger partial charge is 0.260 e. The summed E-state index contributed by atoms with van der Waals surface area (Å²) in [6.45, 7) is 4.38. The molecule has 1 aliphatic rings. The van der Waals surface area contributed by atoms with Gasteiger partial charge in [0.1, 0.15) is 5.75 Å². The van der Waals surface area contributed by atoms with Crippen molar-refractivity contribution in [1.29, 1.82) is 0 Å². The lowest BCUT2D eigenvalue weighted by Gasteiger charge is -2.28. The van der Waals surface area contributed by atoms with E-state index in [1.54, 1.807) is 23.1 Å². The number of hydrogen-bond donors (Lipinski definition) is 0. The molecule has 0 N–H and O–H groups in total. The van der Waals surface area contributed by atoms with Crippen LogP contribution in [0, 0.1) is 6.92 Å². The van der Waals surface area contributed by atoms with Crippen molar-refractivity contribution in [3.05, 3.63) is 28.8 Å². The first kappa shape index (κ1) is 19.1. The van der Waals surface area contributed by atoms with Gasteiger partial charge in [0.2, 0.25) is 0 Å². The summed E-state index contributed by atoms with van der Waals surface area (Å²) >= 11 is 5.91. The molecule has 7 heteroatoms. The van der Waals surface area contributed by atoms with Crippen molar-refractivity contribution >= 4 is 27.3 Å². The molecular weight excluding hydrogens is 350 g/mol. The predicted octanol–water partition coefficient (Wildman–Crippen LogP) is 2.84. The third kappa shape index (κ3) is 5.11. The summed E-state index contributed by atoms with van der Waals surface area (Å²) in [7, 11) is -3.03. The monoisotopic (exact) mass is 373 g/mol. The molecule has 1 aliphatic heterocycles. The molecule has 5 nitrogen and oxygen atoms in total. The lowest BCUT2D eigenvalue weighted by atomic mass is 10.2. The predicted molar refractivity (Wildman–Crippen MR) is 95.4 cm³/mol. The largest absolute Gasteiger partial charge is 0.483 e. The summed E-state index contributed by atoms with van der Waals surface area (Å²) in [6.07, 6.45) is 2.31. The van der Waals surface area contributed by atoms with E-state index in [1.165, 1.54) is 0 Å². The van der Waals surface area contributed by atoms with E-state index in [0.717, 1.165) is 18.4 Å². The van der Waals surface area contributed by atoms with Crippen molar-refractivity contribution in [1.82, 2.24) is 4.90 Å². The number of ether oxygens (including phenoxy) is 1. The highest BCUT2D eigenvalue weighted by atomic mass is 35.5. The zero-order valence-corrected chi connectivity index (χ0v) is 15.7. The molecule has 134 valence electrons. The van der Waals surface area contributed by atoms with Crippen LogP contribution in [0.25, 0.3) is 0 Å². The molecule has 1 aromatic rings. The number of carbonyl (C=O) groups excluding carboxylic acids is 1. The van der Waals surface area contributed by atoms with Gasteiger partial charge < -0.3 is 9.64 Å². The van der Waals surface area contributed by atoms with Crippen LogP contribution < -0.4 is 4.74 Å². The Balaban J connectivity index is 2.02. The van der Waals surface area contributed by atoms with Gasteiger partial charge in [-0.3, -0.25) is 4.79 Å². The van der Waals surface area contributed by atoms with Crippen LogP contribution in [0.15, 0.2) is 18.2 Å². The van der Waals surface area contributed by atoms with E-state index in [0.29, 0.717) is 23.7 Å². The van der Waals surface area contributed by atoms with Gasteiger partial charge in [0.15, 0.2) is 16.4 Å². The molecule has 0 aliphatic carbocycles. The maximum atomic E-state index is 12.6. The zero-order valence-electron chi connectivity index (χ0n) is 14.1. The SMILES string of the molecule is CCCCN(C(=O)COc1ccc(Cl)cc1C)C1CCS(=O)(=O)C1. The van der Waals surface area contributed by atoms with Crippen molar-refractivity contribution in [2.24, 2.45) is 0 Å². The van der Waals surface area contributed by atoms with Gasteiger partial charge in [-0.1, -0.05) is 24.9 Å². The Labute approximate surface area is 148 Å². The van der Waals surface area contributed by atoms with Crippen LogP contribution >= 0.6 is 11.6 Å². The van der Waals surface area contributed by atoms with E-state index < -0.39 is 9.84 Å². The summed E-state index contributed by atoms with van der Waals surface area (Å²) < 4.78 is 29.1. The Morgan fingerprint density at radius 1 is 1.42 bits per heavy atom. The molecule has 1 amide bonds. The highest BCUT2D eigenvalue weighted by Crippen LogP contribution is 2.23. The topological polar surface area (TPSA) is 63.7 Å². The molecule has 0 radical (unpaired) electrons. The van der Waals surface area contributed by atoms with Crippen LogP contribution in [0.3, 0.4) is 0 Å². The molecule has 1 saturated heterocycles. The highest BCUT2D eigenvalue weighted by molar-refractivity contribution is 7.91. The van der Waals surface area contributed by atoms with Crippen LogP contribution in [-0.2, 0) is 14.6 Å². The number of halogens is 1. The Morgan fingerprint density at radius 3 is 2.75 bits per heavy atom. The quantitative estimate of drug-likeness (QED) is 0.737. The van der Waals surface area contributed by atoms with Crippen molar-refractivity contribution < 1.29 is 17.9 Å². The first-order valence-electron chi connectivity index (χ1n) is 8.21. The van der Waals surface area contributed by atoms with Gasteiger partial charge in [-0.2, -0.15) is 0 Å². The van der Waals surface area contributed by atoms with Crippen LogP contribution in [0.1, 0.15) is 31.7 Å². The average molecular weight is 374 g/mol. The number of aryl methyl sites for hydroxylation is 1. The lowest BCUT2D eigenvalue weighted by molar-refractivity contribution is -0.135. The van der Waals surface area contributed by atoms with Gasteiger partial charge in [-0.25, -0.2) is 8.42 Å². The van der Waals surface area contributed by atoms with Crippen LogP contribution in [0.4, 0.5) is 0 Å². The van der Waals surface area contributed by atoms with Crippen LogP contribution in [0.2, 0.25) is 5.02 Å². The van der Waals surface area contributed by atoms with E-state index in [1.807, 2.05) is 13.8 Å². The van der Waals surface area contributed by atoms with Crippen molar-refractivity contribution in [3.8, 4) is 5.75 Å². The summed E-state index contributed by atoms with van der Waals surface area (Å²) in [4.78, 5) is 14.3. The molecular formula is C17H24ClNO4S. The minimum atomic E-state index is -3.03. The molecule has 24 heavy (non-hydrogen) atoms.